The number of fused-ring (bicyclic) bond motifs is 6. The topological polar surface area (TPSA) is 108 Å². The first-order valence-electron chi connectivity index (χ1n) is 15.1. The summed E-state index contributed by atoms with van der Waals surface area (Å²) in [5.74, 6) is -0.673. The molecule has 1 amide bonds. The fourth-order valence-corrected chi connectivity index (χ4v) is 7.68. The van der Waals surface area contributed by atoms with Crippen molar-refractivity contribution in [2.24, 2.45) is 5.92 Å². The first-order chi connectivity index (χ1) is 22.7. The van der Waals surface area contributed by atoms with E-state index in [0.29, 0.717) is 33.5 Å². The Hall–Kier alpha value is -5.55. The number of rotatable bonds is 5. The van der Waals surface area contributed by atoms with Gasteiger partial charge in [-0.05, 0) is 52.3 Å². The predicted molar refractivity (Wildman–Crippen MR) is 179 cm³/mol. The number of aromatic nitrogens is 3. The minimum Gasteiger partial charge on any atom is -0.340 e. The first-order valence-corrected chi connectivity index (χ1v) is 16.0. The van der Waals surface area contributed by atoms with Crippen molar-refractivity contribution >= 4 is 57.6 Å². The molecule has 232 valence electrons. The molecule has 1 N–H and O–H groups in total. The number of thiazole rings is 1. The molecule has 9 nitrogen and oxygen atoms in total. The van der Waals surface area contributed by atoms with Gasteiger partial charge in [-0.3, -0.25) is 14.4 Å². The average Bonchev–Trinajstić information content (AvgIpc) is 3.69. The molecule has 0 saturated heterocycles. The molecular weight excluding hydrogens is 616 g/mol. The van der Waals surface area contributed by atoms with Crippen LogP contribution >= 0.6 is 11.3 Å². The van der Waals surface area contributed by atoms with Crippen LogP contribution in [0.25, 0.3) is 34.5 Å². The zero-order valence-electron chi connectivity index (χ0n) is 25.4. The fourth-order valence-electron chi connectivity index (χ4n) is 6.95. The third-order valence-corrected chi connectivity index (χ3v) is 9.96. The van der Waals surface area contributed by atoms with Crippen LogP contribution in [0.2, 0.25) is 0 Å². The molecule has 0 bridgehead atoms. The number of anilines is 3. The Kier molecular flexibility index (Phi) is 6.62. The van der Waals surface area contributed by atoms with Gasteiger partial charge in [-0.2, -0.15) is 0 Å². The summed E-state index contributed by atoms with van der Waals surface area (Å²) >= 11 is 1.25. The maximum atomic E-state index is 14.2. The maximum absolute atomic E-state index is 14.2. The van der Waals surface area contributed by atoms with E-state index in [1.54, 1.807) is 29.8 Å². The van der Waals surface area contributed by atoms with Gasteiger partial charge >= 0.3 is 0 Å². The molecule has 3 heterocycles. The lowest BCUT2D eigenvalue weighted by Crippen LogP contribution is -2.59. The van der Waals surface area contributed by atoms with Crippen molar-refractivity contribution in [1.29, 1.82) is 0 Å². The Morgan fingerprint density at radius 3 is 2.72 bits per heavy atom. The highest BCUT2D eigenvalue weighted by molar-refractivity contribution is 7.14. The van der Waals surface area contributed by atoms with E-state index < -0.39 is 11.5 Å². The molecule has 1 aliphatic heterocycles. The number of carbonyl (C=O) groups excluding carboxylic acids is 3. The number of nitrogens with zero attached hydrogens (tertiary/aromatic N) is 5. The number of Topliss-reactive ketones (excluding diaryl/α,β-unsaturated/α-hetero) is 2. The van der Waals surface area contributed by atoms with Gasteiger partial charge in [0.1, 0.15) is 23.4 Å². The van der Waals surface area contributed by atoms with Crippen molar-refractivity contribution in [1.82, 2.24) is 15.0 Å². The zero-order valence-corrected chi connectivity index (χ0v) is 26.2. The lowest BCUT2D eigenvalue weighted by atomic mass is 9.73. The normalized spacial score (nSPS) is 19.3. The molecule has 0 fully saturated rings. The van der Waals surface area contributed by atoms with Gasteiger partial charge in [0, 0.05) is 22.4 Å². The number of halogens is 1. The van der Waals surface area contributed by atoms with E-state index in [0.717, 1.165) is 27.1 Å². The quantitative estimate of drug-likeness (QED) is 0.298. The summed E-state index contributed by atoms with van der Waals surface area (Å²) in [6, 6.07) is 17.7. The Balaban J connectivity index is 1.13. The average molecular weight is 643 g/mol. The number of hydrogen-bond donors (Lipinski definition) is 1. The largest absolute Gasteiger partial charge is 0.340 e. The number of amides is 1. The molecule has 47 heavy (non-hydrogen) atoms. The lowest BCUT2D eigenvalue weighted by Gasteiger charge is -2.42. The highest BCUT2D eigenvalue weighted by Gasteiger charge is 2.50. The molecule has 2 unspecified atom stereocenters. The van der Waals surface area contributed by atoms with Crippen molar-refractivity contribution in [3.63, 3.8) is 0 Å². The van der Waals surface area contributed by atoms with Crippen LogP contribution in [0.3, 0.4) is 0 Å². The fraction of sp³-hybridized carbons (Fsp3) is 0.167. The zero-order chi connectivity index (χ0) is 32.4. The second-order valence-corrected chi connectivity index (χ2v) is 12.9. The van der Waals surface area contributed by atoms with Gasteiger partial charge in [-0.1, -0.05) is 61.5 Å². The van der Waals surface area contributed by atoms with Crippen molar-refractivity contribution < 1.29 is 18.8 Å². The molecule has 0 spiro atoms. The number of nitrogens with one attached hydrogen (secondary N) is 1. The Morgan fingerprint density at radius 1 is 1.06 bits per heavy atom. The SMILES string of the molecule is CC1C=c2c(ccc3c2=CC(=O)c2ccccc2-3)C(C)(N2CN(CC(=O)Nc3nc(-c4cccc(F)c4)cs3)c3cncnc32)C1=O. The molecule has 3 aliphatic rings. The van der Waals surface area contributed by atoms with Crippen LogP contribution in [0.4, 0.5) is 21.0 Å². The number of hydrogen-bond acceptors (Lipinski definition) is 9. The summed E-state index contributed by atoms with van der Waals surface area (Å²) in [7, 11) is 0. The van der Waals surface area contributed by atoms with Gasteiger partial charge in [-0.15, -0.1) is 11.3 Å². The molecule has 2 aliphatic carbocycles. The molecule has 11 heteroatoms. The molecule has 0 saturated carbocycles. The minimum absolute atomic E-state index is 0.0176. The lowest BCUT2D eigenvalue weighted by molar-refractivity contribution is -0.126. The molecular formula is C36H27FN6O3S. The van der Waals surface area contributed by atoms with E-state index in [2.05, 4.69) is 20.3 Å². The summed E-state index contributed by atoms with van der Waals surface area (Å²) in [4.78, 5) is 57.8. The summed E-state index contributed by atoms with van der Waals surface area (Å²) in [5.41, 5.74) is 3.89. The third-order valence-electron chi connectivity index (χ3n) is 9.21. The van der Waals surface area contributed by atoms with Gasteiger partial charge in [-0.25, -0.2) is 19.3 Å². The molecule has 5 aromatic rings. The maximum Gasteiger partial charge on any atom is 0.245 e. The van der Waals surface area contributed by atoms with E-state index >= 15 is 0 Å². The Morgan fingerprint density at radius 2 is 1.89 bits per heavy atom. The number of benzene rings is 3. The highest BCUT2D eigenvalue weighted by Crippen LogP contribution is 2.44. The second-order valence-electron chi connectivity index (χ2n) is 12.0. The highest BCUT2D eigenvalue weighted by atomic mass is 32.1. The Labute approximate surface area is 272 Å². The van der Waals surface area contributed by atoms with Gasteiger partial charge in [0.15, 0.2) is 22.5 Å². The third kappa shape index (κ3) is 4.57. The van der Waals surface area contributed by atoms with Gasteiger partial charge < -0.3 is 15.1 Å². The summed E-state index contributed by atoms with van der Waals surface area (Å²) in [5, 5.41) is 6.66. The smallest absolute Gasteiger partial charge is 0.245 e. The van der Waals surface area contributed by atoms with Gasteiger partial charge in [0.05, 0.1) is 25.1 Å². The van der Waals surface area contributed by atoms with Gasteiger partial charge in [0.25, 0.3) is 0 Å². The van der Waals surface area contributed by atoms with Crippen molar-refractivity contribution in [3.05, 3.63) is 106 Å². The molecule has 2 atom stereocenters. The van der Waals surface area contributed by atoms with E-state index in [1.165, 1.54) is 29.8 Å². The van der Waals surface area contributed by atoms with Crippen LogP contribution < -0.4 is 25.6 Å². The first kappa shape index (κ1) is 28.9. The van der Waals surface area contributed by atoms with E-state index in [4.69, 9.17) is 0 Å². The van der Waals surface area contributed by atoms with E-state index in [9.17, 15) is 18.8 Å². The van der Waals surface area contributed by atoms with Crippen LogP contribution in [-0.2, 0) is 15.1 Å². The van der Waals surface area contributed by atoms with Crippen LogP contribution in [-0.4, -0.2) is 45.6 Å². The standard InChI is InChI=1S/C36H27FN6O3S/c1-20-12-27-26-14-31(44)25-9-4-3-8-23(25)24(26)10-11-28(27)36(2,33(20)46)43-19-42(30-15-38-18-39-34(30)43)16-32(45)41-35-40-29(17-47-35)21-6-5-7-22(37)13-21/h3-15,17-18,20H,16,19H2,1-2H3,(H,40,41,45). The van der Waals surface area contributed by atoms with Gasteiger partial charge in [0.2, 0.25) is 5.91 Å². The summed E-state index contributed by atoms with van der Waals surface area (Å²) in [6.07, 6.45) is 6.70. The van der Waals surface area contributed by atoms with Crippen molar-refractivity contribution in [2.75, 3.05) is 28.3 Å². The molecule has 0 radical (unpaired) electrons. The molecule has 3 aromatic carbocycles. The Bertz CT molecular complexity index is 2290. The number of carbonyl (C=O) groups is 3. The van der Waals surface area contributed by atoms with Crippen molar-refractivity contribution in [2.45, 2.75) is 19.4 Å². The summed E-state index contributed by atoms with van der Waals surface area (Å²) in [6.45, 7) is 3.91. The number of ketones is 2. The second kappa shape index (κ2) is 10.8. The van der Waals surface area contributed by atoms with Crippen LogP contribution in [0.1, 0.15) is 29.8 Å². The van der Waals surface area contributed by atoms with Crippen LogP contribution in [0.15, 0.2) is 78.6 Å². The molecule has 2 aromatic heterocycles. The molecule has 8 rings (SSSR count). The van der Waals surface area contributed by atoms with Crippen LogP contribution in [0, 0.1) is 11.7 Å². The van der Waals surface area contributed by atoms with Crippen molar-refractivity contribution in [3.8, 4) is 22.4 Å². The minimum atomic E-state index is -1.16. The monoisotopic (exact) mass is 642 g/mol. The van der Waals surface area contributed by atoms with E-state index in [1.807, 2.05) is 66.1 Å². The predicted octanol–water partition coefficient (Wildman–Crippen LogP) is 4.52. The van der Waals surface area contributed by atoms with E-state index in [-0.39, 0.29) is 36.5 Å². The summed E-state index contributed by atoms with van der Waals surface area (Å²) < 4.78 is 13.7. The van der Waals surface area contributed by atoms with Crippen LogP contribution in [0.5, 0.6) is 0 Å².